The zero-order valence-corrected chi connectivity index (χ0v) is 13.3. The van der Waals surface area contributed by atoms with E-state index in [0.717, 1.165) is 17.3 Å². The Bertz CT molecular complexity index is 793. The Kier molecular flexibility index (Phi) is 6.09. The van der Waals surface area contributed by atoms with Crippen LogP contribution in [0.3, 0.4) is 0 Å². The van der Waals surface area contributed by atoms with Crippen LogP contribution in [0.15, 0.2) is 55.4 Å². The summed E-state index contributed by atoms with van der Waals surface area (Å²) < 4.78 is 17.9. The second kappa shape index (κ2) is 8.49. The third-order valence-corrected chi connectivity index (χ3v) is 3.02. The minimum absolute atomic E-state index is 0.157. The number of hydrogen-bond acceptors (Lipinski definition) is 3. The molecule has 1 amide bonds. The lowest BCUT2D eigenvalue weighted by atomic mass is 10.0. The molecule has 1 N–H and O–H groups in total. The molecule has 2 heterocycles. The van der Waals surface area contributed by atoms with Crippen molar-refractivity contribution < 1.29 is 13.9 Å². The summed E-state index contributed by atoms with van der Waals surface area (Å²) in [4.78, 5) is 14.8. The number of allylic oxidation sites excluding steroid dienone is 1. The monoisotopic (exact) mass is 324 g/mol. The number of amides is 1. The molecule has 122 valence electrons. The van der Waals surface area contributed by atoms with Crippen molar-refractivity contribution in [2.75, 3.05) is 6.61 Å². The molecule has 1 fully saturated rings. The van der Waals surface area contributed by atoms with Crippen LogP contribution in [0.1, 0.15) is 29.7 Å². The molecule has 0 bridgehead atoms. The van der Waals surface area contributed by atoms with Crippen molar-refractivity contribution in [3.63, 3.8) is 0 Å². The molecule has 0 radical (unpaired) electrons. The Balaban J connectivity index is 0.000000647. The Morgan fingerprint density at radius 3 is 2.75 bits per heavy atom. The molecule has 0 spiro atoms. The Morgan fingerprint density at radius 2 is 2.08 bits per heavy atom. The third-order valence-electron chi connectivity index (χ3n) is 3.02. The first-order chi connectivity index (χ1) is 11.6. The second-order valence-corrected chi connectivity index (χ2v) is 4.97. The minimum atomic E-state index is -0.415. The van der Waals surface area contributed by atoms with Crippen LogP contribution < -0.4 is 5.32 Å². The van der Waals surface area contributed by atoms with Crippen molar-refractivity contribution in [2.45, 2.75) is 13.0 Å². The summed E-state index contributed by atoms with van der Waals surface area (Å²) in [5, 5.41) is 2.71. The molecule has 1 atom stereocenters. The molecule has 1 aromatic carbocycles. The molecule has 1 aliphatic heterocycles. The predicted molar refractivity (Wildman–Crippen MR) is 89.7 cm³/mol. The number of halogens is 1. The molecular formula is C19H17FN2O2. The van der Waals surface area contributed by atoms with Crippen LogP contribution in [0.25, 0.3) is 0 Å². The van der Waals surface area contributed by atoms with Crippen molar-refractivity contribution in [1.82, 2.24) is 10.3 Å². The minimum Gasteiger partial charge on any atom is -0.447 e. The summed E-state index contributed by atoms with van der Waals surface area (Å²) in [6.07, 6.45) is 3.97. The van der Waals surface area contributed by atoms with Crippen LogP contribution in [0, 0.1) is 17.7 Å². The van der Waals surface area contributed by atoms with Crippen LogP contribution in [0.2, 0.25) is 0 Å². The maximum absolute atomic E-state index is 13.0. The molecule has 4 nitrogen and oxygen atoms in total. The Hall–Kier alpha value is -3.13. The number of hydrogen-bond donors (Lipinski definition) is 1. The third kappa shape index (κ3) is 4.96. The first-order valence-corrected chi connectivity index (χ1v) is 7.35. The number of pyridine rings is 1. The standard InChI is InChI=1S/C16H11FN2O2.C3H6/c17-14-7-12(8-18-9-14)5-4-11-2-1-3-13(6-11)15-10-21-16(20)19-15;1-3-2/h1-3,6-9,15H,10H2,(H,19,20);3H,1H2,2H3/t15-;/m0./s1. The summed E-state index contributed by atoms with van der Waals surface area (Å²) in [6.45, 7) is 5.56. The molecule has 2 aromatic rings. The maximum atomic E-state index is 13.0. The van der Waals surface area contributed by atoms with E-state index < -0.39 is 11.9 Å². The van der Waals surface area contributed by atoms with E-state index >= 15 is 0 Å². The molecule has 0 saturated carbocycles. The number of cyclic esters (lactones) is 1. The Labute approximate surface area is 140 Å². The highest BCUT2D eigenvalue weighted by Gasteiger charge is 2.23. The van der Waals surface area contributed by atoms with E-state index in [-0.39, 0.29) is 6.04 Å². The van der Waals surface area contributed by atoms with Gasteiger partial charge in [0, 0.05) is 17.3 Å². The zero-order chi connectivity index (χ0) is 17.4. The van der Waals surface area contributed by atoms with E-state index in [1.54, 1.807) is 6.08 Å². The molecule has 24 heavy (non-hydrogen) atoms. The van der Waals surface area contributed by atoms with Gasteiger partial charge in [0.1, 0.15) is 12.4 Å². The highest BCUT2D eigenvalue weighted by atomic mass is 19.1. The molecular weight excluding hydrogens is 307 g/mol. The normalized spacial score (nSPS) is 15.1. The number of carbonyl (C=O) groups excluding carboxylic acids is 1. The van der Waals surface area contributed by atoms with Crippen molar-refractivity contribution in [2.24, 2.45) is 0 Å². The Morgan fingerprint density at radius 1 is 1.33 bits per heavy atom. The van der Waals surface area contributed by atoms with Gasteiger partial charge in [-0.1, -0.05) is 30.0 Å². The molecule has 3 rings (SSSR count). The molecule has 0 aliphatic carbocycles. The number of nitrogens with one attached hydrogen (secondary N) is 1. The van der Waals surface area contributed by atoms with Crippen LogP contribution in [0.4, 0.5) is 9.18 Å². The van der Waals surface area contributed by atoms with Gasteiger partial charge in [-0.15, -0.1) is 6.58 Å². The lowest BCUT2D eigenvalue weighted by Gasteiger charge is -2.07. The van der Waals surface area contributed by atoms with Crippen LogP contribution >= 0.6 is 0 Å². The number of rotatable bonds is 1. The van der Waals surface area contributed by atoms with Gasteiger partial charge in [0.25, 0.3) is 0 Å². The van der Waals surface area contributed by atoms with Gasteiger partial charge in [-0.05, 0) is 30.7 Å². The predicted octanol–water partition coefficient (Wildman–Crippen LogP) is 3.59. The highest BCUT2D eigenvalue weighted by Crippen LogP contribution is 2.18. The number of aromatic nitrogens is 1. The summed E-state index contributed by atoms with van der Waals surface area (Å²) in [7, 11) is 0. The molecule has 1 aliphatic rings. The summed E-state index contributed by atoms with van der Waals surface area (Å²) in [5.74, 6) is 5.39. The number of carbonyl (C=O) groups is 1. The average molecular weight is 324 g/mol. The van der Waals surface area contributed by atoms with Gasteiger partial charge in [-0.25, -0.2) is 9.18 Å². The van der Waals surface area contributed by atoms with Gasteiger partial charge >= 0.3 is 6.09 Å². The van der Waals surface area contributed by atoms with Crippen LogP contribution in [-0.2, 0) is 4.74 Å². The van der Waals surface area contributed by atoms with E-state index in [9.17, 15) is 9.18 Å². The number of nitrogens with zero attached hydrogens (tertiary/aromatic N) is 1. The van der Waals surface area contributed by atoms with Gasteiger partial charge in [0.15, 0.2) is 0 Å². The maximum Gasteiger partial charge on any atom is 0.407 e. The summed E-state index contributed by atoms with van der Waals surface area (Å²) >= 11 is 0. The molecule has 5 heteroatoms. The van der Waals surface area contributed by atoms with Crippen molar-refractivity contribution in [3.05, 3.63) is 77.9 Å². The van der Waals surface area contributed by atoms with Crippen LogP contribution in [-0.4, -0.2) is 17.7 Å². The van der Waals surface area contributed by atoms with Gasteiger partial charge < -0.3 is 10.1 Å². The van der Waals surface area contributed by atoms with E-state index in [4.69, 9.17) is 4.74 Å². The van der Waals surface area contributed by atoms with E-state index in [1.807, 2.05) is 31.2 Å². The average Bonchev–Trinajstić information content (AvgIpc) is 3.01. The topological polar surface area (TPSA) is 51.2 Å². The van der Waals surface area contributed by atoms with E-state index in [2.05, 4.69) is 28.7 Å². The fourth-order valence-electron chi connectivity index (χ4n) is 2.02. The molecule has 0 unspecified atom stereocenters. The summed E-state index contributed by atoms with van der Waals surface area (Å²) in [6, 6.07) is 8.65. The van der Waals surface area contributed by atoms with Crippen molar-refractivity contribution in [3.8, 4) is 11.8 Å². The van der Waals surface area contributed by atoms with Crippen LogP contribution in [0.5, 0.6) is 0 Å². The fraction of sp³-hybridized carbons (Fsp3) is 0.158. The van der Waals surface area contributed by atoms with Gasteiger partial charge in [0.05, 0.1) is 12.2 Å². The lowest BCUT2D eigenvalue weighted by molar-refractivity contribution is 0.177. The number of ether oxygens (including phenoxy) is 1. The van der Waals surface area contributed by atoms with Crippen molar-refractivity contribution in [1.29, 1.82) is 0 Å². The number of benzene rings is 1. The van der Waals surface area contributed by atoms with E-state index in [0.29, 0.717) is 12.2 Å². The molecule has 1 aromatic heterocycles. The highest BCUT2D eigenvalue weighted by molar-refractivity contribution is 5.70. The molecule has 1 saturated heterocycles. The lowest BCUT2D eigenvalue weighted by Crippen LogP contribution is -2.18. The SMILES string of the molecule is C=CC.O=C1N[C@H](c2cccc(C#Cc3cncc(F)c3)c2)CO1. The second-order valence-electron chi connectivity index (χ2n) is 4.97. The van der Waals surface area contributed by atoms with Gasteiger partial charge in [-0.3, -0.25) is 4.98 Å². The number of alkyl carbamates (subject to hydrolysis) is 1. The van der Waals surface area contributed by atoms with Gasteiger partial charge in [-0.2, -0.15) is 0 Å². The zero-order valence-electron chi connectivity index (χ0n) is 13.3. The largest absolute Gasteiger partial charge is 0.447 e. The fourth-order valence-corrected chi connectivity index (χ4v) is 2.02. The summed E-state index contributed by atoms with van der Waals surface area (Å²) in [5.41, 5.74) is 2.21. The van der Waals surface area contributed by atoms with Crippen molar-refractivity contribution >= 4 is 6.09 Å². The van der Waals surface area contributed by atoms with E-state index in [1.165, 1.54) is 12.3 Å². The first-order valence-electron chi connectivity index (χ1n) is 7.35. The van der Waals surface area contributed by atoms with Gasteiger partial charge in [0.2, 0.25) is 0 Å². The quantitative estimate of drug-likeness (QED) is 0.644. The first kappa shape index (κ1) is 17.2. The smallest absolute Gasteiger partial charge is 0.407 e.